The zero-order valence-corrected chi connectivity index (χ0v) is 14.1. The molecular formula is C16H27N5O2. The minimum atomic E-state index is 0.0283. The van der Waals surface area contributed by atoms with E-state index >= 15 is 0 Å². The Morgan fingerprint density at radius 1 is 1.35 bits per heavy atom. The summed E-state index contributed by atoms with van der Waals surface area (Å²) in [6.07, 6.45) is 2.79. The second kappa shape index (κ2) is 7.42. The van der Waals surface area contributed by atoms with E-state index in [1.54, 1.807) is 4.68 Å². The lowest BCUT2D eigenvalue weighted by atomic mass is 10.2. The summed E-state index contributed by atoms with van der Waals surface area (Å²) in [6.45, 7) is 8.21. The molecule has 1 N–H and O–H groups in total. The molecule has 0 aliphatic carbocycles. The number of aromatic nitrogens is 2. The first kappa shape index (κ1) is 16.4. The quantitative estimate of drug-likeness (QED) is 0.854. The van der Waals surface area contributed by atoms with Crippen molar-refractivity contribution in [3.05, 3.63) is 11.8 Å². The molecule has 0 bridgehead atoms. The van der Waals surface area contributed by atoms with Crippen molar-refractivity contribution in [1.82, 2.24) is 19.6 Å². The van der Waals surface area contributed by atoms with Crippen molar-refractivity contribution >= 4 is 11.7 Å². The Hall–Kier alpha value is -1.44. The van der Waals surface area contributed by atoms with Crippen LogP contribution in [0.1, 0.15) is 18.5 Å². The maximum absolute atomic E-state index is 12.2. The number of amides is 1. The summed E-state index contributed by atoms with van der Waals surface area (Å²) in [6, 6.07) is 1.89. The molecule has 128 valence electrons. The summed E-state index contributed by atoms with van der Waals surface area (Å²) in [5.41, 5.74) is 0.908. The van der Waals surface area contributed by atoms with Gasteiger partial charge in [0.15, 0.2) is 0 Å². The minimum Gasteiger partial charge on any atom is -0.377 e. The molecule has 0 aromatic carbocycles. The van der Waals surface area contributed by atoms with Gasteiger partial charge in [-0.3, -0.25) is 19.3 Å². The summed E-state index contributed by atoms with van der Waals surface area (Å²) >= 11 is 0. The standard InChI is InChI=1S/C16H27N5O2/c1-13-10-15(19(2)18-13)17-16(22)12-21-7-5-20(6-8-21)11-14-4-3-9-23-14/h10,14H,3-9,11-12H2,1-2H3,(H,17,22). The number of aryl methyl sites for hydroxylation is 2. The van der Waals surface area contributed by atoms with Crippen LogP contribution in [0, 0.1) is 6.92 Å². The van der Waals surface area contributed by atoms with Crippen LogP contribution < -0.4 is 5.32 Å². The van der Waals surface area contributed by atoms with Gasteiger partial charge in [-0.25, -0.2) is 0 Å². The SMILES string of the molecule is Cc1cc(NC(=O)CN2CCN(CC3CCCO3)CC2)n(C)n1. The number of anilines is 1. The van der Waals surface area contributed by atoms with Gasteiger partial charge in [-0.2, -0.15) is 5.10 Å². The van der Waals surface area contributed by atoms with Crippen LogP contribution in [0.25, 0.3) is 0 Å². The lowest BCUT2D eigenvalue weighted by Crippen LogP contribution is -2.50. The van der Waals surface area contributed by atoms with E-state index in [2.05, 4.69) is 20.2 Å². The van der Waals surface area contributed by atoms with Crippen molar-refractivity contribution in [1.29, 1.82) is 0 Å². The van der Waals surface area contributed by atoms with Crippen molar-refractivity contribution in [2.75, 3.05) is 51.2 Å². The topological polar surface area (TPSA) is 62.6 Å². The number of nitrogens with one attached hydrogen (secondary N) is 1. The van der Waals surface area contributed by atoms with Crippen molar-refractivity contribution in [3.8, 4) is 0 Å². The van der Waals surface area contributed by atoms with E-state index in [0.29, 0.717) is 12.6 Å². The first-order chi connectivity index (χ1) is 11.1. The third-order valence-electron chi connectivity index (χ3n) is 4.59. The van der Waals surface area contributed by atoms with Gasteiger partial charge in [-0.05, 0) is 19.8 Å². The van der Waals surface area contributed by atoms with E-state index < -0.39 is 0 Å². The smallest absolute Gasteiger partial charge is 0.239 e. The molecule has 3 rings (SSSR count). The van der Waals surface area contributed by atoms with Gasteiger partial charge >= 0.3 is 0 Å². The number of carbonyl (C=O) groups is 1. The number of piperazine rings is 1. The molecule has 2 fully saturated rings. The lowest BCUT2D eigenvalue weighted by molar-refractivity contribution is -0.117. The number of rotatable bonds is 5. The fourth-order valence-corrected chi connectivity index (χ4v) is 3.32. The highest BCUT2D eigenvalue weighted by Gasteiger charge is 2.23. The van der Waals surface area contributed by atoms with Crippen LogP contribution in [0.2, 0.25) is 0 Å². The van der Waals surface area contributed by atoms with Crippen LogP contribution in [0.15, 0.2) is 6.07 Å². The molecule has 1 atom stereocenters. The summed E-state index contributed by atoms with van der Waals surface area (Å²) in [5, 5.41) is 7.17. The van der Waals surface area contributed by atoms with Crippen molar-refractivity contribution < 1.29 is 9.53 Å². The summed E-state index contributed by atoms with van der Waals surface area (Å²) in [4.78, 5) is 16.8. The van der Waals surface area contributed by atoms with Crippen molar-refractivity contribution in [2.24, 2.45) is 7.05 Å². The van der Waals surface area contributed by atoms with Crippen LogP contribution >= 0.6 is 0 Å². The van der Waals surface area contributed by atoms with E-state index in [4.69, 9.17) is 4.74 Å². The third-order valence-corrected chi connectivity index (χ3v) is 4.59. The first-order valence-corrected chi connectivity index (χ1v) is 8.47. The second-order valence-corrected chi connectivity index (χ2v) is 6.55. The third kappa shape index (κ3) is 4.53. The average Bonchev–Trinajstić information content (AvgIpc) is 3.11. The number of ether oxygens (including phenoxy) is 1. The average molecular weight is 321 g/mol. The van der Waals surface area contributed by atoms with Crippen LogP contribution in [0.4, 0.5) is 5.82 Å². The molecule has 2 aliphatic heterocycles. The molecule has 1 aromatic rings. The monoisotopic (exact) mass is 321 g/mol. The highest BCUT2D eigenvalue weighted by molar-refractivity contribution is 5.91. The van der Waals surface area contributed by atoms with Gasteiger partial charge < -0.3 is 10.1 Å². The Morgan fingerprint density at radius 3 is 2.70 bits per heavy atom. The maximum atomic E-state index is 12.2. The molecular weight excluding hydrogens is 294 g/mol. The molecule has 2 aliphatic rings. The molecule has 1 unspecified atom stereocenters. The molecule has 7 heteroatoms. The number of nitrogens with zero attached hydrogens (tertiary/aromatic N) is 4. The van der Waals surface area contributed by atoms with E-state index in [1.807, 2.05) is 20.0 Å². The van der Waals surface area contributed by atoms with Crippen LogP contribution in [-0.4, -0.2) is 77.5 Å². The molecule has 23 heavy (non-hydrogen) atoms. The molecule has 2 saturated heterocycles. The second-order valence-electron chi connectivity index (χ2n) is 6.55. The van der Waals surface area contributed by atoms with Gasteiger partial charge in [-0.1, -0.05) is 0 Å². The number of carbonyl (C=O) groups excluding carboxylic acids is 1. The zero-order chi connectivity index (χ0) is 16.2. The highest BCUT2D eigenvalue weighted by Crippen LogP contribution is 2.14. The summed E-state index contributed by atoms with van der Waals surface area (Å²) < 4.78 is 7.40. The number of hydrogen-bond acceptors (Lipinski definition) is 5. The molecule has 1 aromatic heterocycles. The summed E-state index contributed by atoms with van der Waals surface area (Å²) in [5.74, 6) is 0.782. The number of hydrogen-bond donors (Lipinski definition) is 1. The lowest BCUT2D eigenvalue weighted by Gasteiger charge is -2.35. The molecule has 1 amide bonds. The van der Waals surface area contributed by atoms with Gasteiger partial charge in [0.25, 0.3) is 0 Å². The van der Waals surface area contributed by atoms with Gasteiger partial charge in [0, 0.05) is 52.4 Å². The molecule has 7 nitrogen and oxygen atoms in total. The fourth-order valence-electron chi connectivity index (χ4n) is 3.32. The highest BCUT2D eigenvalue weighted by atomic mass is 16.5. The summed E-state index contributed by atoms with van der Waals surface area (Å²) in [7, 11) is 1.84. The predicted molar refractivity (Wildman–Crippen MR) is 88.4 cm³/mol. The van der Waals surface area contributed by atoms with Crippen LogP contribution in [0.5, 0.6) is 0 Å². The van der Waals surface area contributed by atoms with E-state index in [-0.39, 0.29) is 5.91 Å². The van der Waals surface area contributed by atoms with E-state index in [1.165, 1.54) is 12.8 Å². The van der Waals surface area contributed by atoms with Crippen molar-refractivity contribution in [3.63, 3.8) is 0 Å². The largest absolute Gasteiger partial charge is 0.377 e. The Bertz CT molecular complexity index is 531. The fraction of sp³-hybridized carbons (Fsp3) is 0.750. The minimum absolute atomic E-state index is 0.0283. The molecule has 3 heterocycles. The first-order valence-electron chi connectivity index (χ1n) is 8.47. The van der Waals surface area contributed by atoms with Gasteiger partial charge in [0.2, 0.25) is 5.91 Å². The van der Waals surface area contributed by atoms with E-state index in [0.717, 1.165) is 50.8 Å². The maximum Gasteiger partial charge on any atom is 0.239 e. The van der Waals surface area contributed by atoms with E-state index in [9.17, 15) is 4.79 Å². The zero-order valence-electron chi connectivity index (χ0n) is 14.1. The van der Waals surface area contributed by atoms with Crippen LogP contribution in [-0.2, 0) is 16.6 Å². The molecule has 0 saturated carbocycles. The van der Waals surface area contributed by atoms with Gasteiger partial charge in [-0.15, -0.1) is 0 Å². The van der Waals surface area contributed by atoms with Gasteiger partial charge in [0.05, 0.1) is 18.3 Å². The van der Waals surface area contributed by atoms with Crippen molar-refractivity contribution in [2.45, 2.75) is 25.9 Å². The Labute approximate surface area is 137 Å². The molecule has 0 spiro atoms. The predicted octanol–water partition coefficient (Wildman–Crippen LogP) is 0.464. The normalized spacial score (nSPS) is 23.3. The Balaban J connectivity index is 1.39. The molecule has 0 radical (unpaired) electrons. The Kier molecular flexibility index (Phi) is 5.30. The Morgan fingerprint density at radius 2 is 2.09 bits per heavy atom. The van der Waals surface area contributed by atoms with Crippen LogP contribution in [0.3, 0.4) is 0 Å². The van der Waals surface area contributed by atoms with Gasteiger partial charge in [0.1, 0.15) is 5.82 Å².